The molecule has 0 aliphatic rings. The number of ether oxygens (including phenoxy) is 3. The molecule has 0 aromatic carbocycles. The highest BCUT2D eigenvalue weighted by atomic mass is 31.2. The Balaban J connectivity index is 4.52. The minimum absolute atomic E-state index is 0.0870. The first-order chi connectivity index (χ1) is 55.2. The van der Waals surface area contributed by atoms with Crippen LogP contribution in [0, 0.1) is 0 Å². The molecule has 5 unspecified atom stereocenters. The van der Waals surface area contributed by atoms with Crippen LogP contribution in [-0.2, 0) is 55.8 Å². The summed E-state index contributed by atoms with van der Waals surface area (Å²) in [6.45, 7) is 2.35. The molecule has 18 heteroatoms. The lowest BCUT2D eigenvalue weighted by molar-refractivity contribution is -0.161. The SMILES string of the molecule is CC/C=C\C/C=C\C/C=C\C/C=C\C/C=C\C/C=C\CCCCCCCCCCC(=O)OCC(COP(=O)(O)OCC(O)COP(=O)(O)OCC(O)COC(=O)CCCCCCCCCCCCCCCCCCC/C=C\C/C=C\C/C=C\C/C=C\C/C=C\CC)OC(=O)CCCCCCCCC/C=C\C/C=C\C/C=C\CC. The average molecular weight is 1620 g/mol. The minimum atomic E-state index is -4.95. The number of carbonyl (C=O) groups is 3. The van der Waals surface area contributed by atoms with Crippen LogP contribution >= 0.6 is 15.6 Å². The van der Waals surface area contributed by atoms with Crippen molar-refractivity contribution in [2.24, 2.45) is 0 Å². The number of aliphatic hydroxyl groups is 2. The summed E-state index contributed by atoms with van der Waals surface area (Å²) in [7, 11) is -9.81. The molecule has 0 aliphatic carbocycles. The van der Waals surface area contributed by atoms with Crippen LogP contribution < -0.4 is 0 Å². The highest BCUT2D eigenvalue weighted by Crippen LogP contribution is 2.45. The molecule has 16 nitrogen and oxygen atoms in total. The Kier molecular flexibility index (Phi) is 82.4. The van der Waals surface area contributed by atoms with Crippen molar-refractivity contribution in [3.05, 3.63) is 170 Å². The summed E-state index contributed by atoms with van der Waals surface area (Å²) < 4.78 is 61.4. The molecule has 0 saturated heterocycles. The third-order valence-electron chi connectivity index (χ3n) is 18.4. The fourth-order valence-electron chi connectivity index (χ4n) is 11.8. The van der Waals surface area contributed by atoms with Crippen molar-refractivity contribution < 1.29 is 75.8 Å². The fraction of sp³-hybridized carbons (Fsp3) is 0.674. The molecule has 0 radical (unpaired) electrons. The maximum Gasteiger partial charge on any atom is 0.472 e. The maximum absolute atomic E-state index is 13.0. The van der Waals surface area contributed by atoms with Gasteiger partial charge < -0.3 is 34.2 Å². The second-order valence-corrected chi connectivity index (χ2v) is 32.2. The second kappa shape index (κ2) is 86.3. The van der Waals surface area contributed by atoms with E-state index in [1.807, 2.05) is 0 Å². The summed E-state index contributed by atoms with van der Waals surface area (Å²) in [5, 5.41) is 20.7. The molecule has 113 heavy (non-hydrogen) atoms. The van der Waals surface area contributed by atoms with Crippen LogP contribution in [-0.4, -0.2) is 95.9 Å². The van der Waals surface area contributed by atoms with E-state index in [1.165, 1.54) is 103 Å². The summed E-state index contributed by atoms with van der Waals surface area (Å²) in [6, 6.07) is 0. The molecule has 0 spiro atoms. The lowest BCUT2D eigenvalue weighted by atomic mass is 10.0. The number of phosphoric acid groups is 2. The van der Waals surface area contributed by atoms with E-state index in [1.54, 1.807) is 0 Å². The third-order valence-corrected chi connectivity index (χ3v) is 20.3. The molecule has 0 aromatic heterocycles. The first kappa shape index (κ1) is 108. The van der Waals surface area contributed by atoms with Crippen molar-refractivity contribution >= 4 is 33.6 Å². The number of esters is 3. The standard InChI is InChI=1S/C95H160O16P2/c1-4-7-10-13-16-19-22-25-28-31-33-35-37-39-41-42-43-44-45-46-48-50-51-53-55-58-60-63-66-69-72-75-78-81-93(98)105-84-90(96)85-107-112(101,102)108-86-91(97)87-109-113(103,104)110-89-92(111-95(100)83-80-77-74-71-68-65-62-57-30-27-24-21-18-15-12-9-6-3)88-106-94(99)82-79-76-73-70-67-64-61-59-56-54-52-49-47-40-38-36-34-32-29-26-23-20-17-14-11-8-5-2/h7-12,16-21,25-30,33-36,39-41,47,52,54,90-92,96-97H,4-6,13-15,22-24,31-32,37-38,42-46,48-51,53,55-89H2,1-3H3,(H,101,102)(H,103,104)/b10-7-,11-8-,12-9-,19-16-,20-17-,21-18-,28-25-,29-26-,30-27-,35-33-,36-34-,41-39-,47-40-,54-52-. The van der Waals surface area contributed by atoms with Gasteiger partial charge in [0.1, 0.15) is 25.4 Å². The number of hydrogen-bond donors (Lipinski definition) is 4. The van der Waals surface area contributed by atoms with E-state index in [4.69, 9.17) is 32.3 Å². The van der Waals surface area contributed by atoms with Crippen LogP contribution in [0.4, 0.5) is 0 Å². The molecule has 4 N–H and O–H groups in total. The zero-order valence-corrected chi connectivity index (χ0v) is 72.8. The third kappa shape index (κ3) is 87.6. The van der Waals surface area contributed by atoms with Crippen LogP contribution in [0.2, 0.25) is 0 Å². The van der Waals surface area contributed by atoms with Gasteiger partial charge in [-0.15, -0.1) is 0 Å². The van der Waals surface area contributed by atoms with Gasteiger partial charge in [-0.05, 0) is 148 Å². The van der Waals surface area contributed by atoms with Gasteiger partial charge in [-0.2, -0.15) is 0 Å². The number of allylic oxidation sites excluding steroid dienone is 28. The van der Waals surface area contributed by atoms with Crippen LogP contribution in [0.15, 0.2) is 170 Å². The summed E-state index contributed by atoms with van der Waals surface area (Å²) in [5.74, 6) is -1.59. The van der Waals surface area contributed by atoms with Crippen molar-refractivity contribution in [1.82, 2.24) is 0 Å². The maximum atomic E-state index is 13.0. The largest absolute Gasteiger partial charge is 0.472 e. The molecule has 0 fully saturated rings. The average Bonchev–Trinajstić information content (AvgIpc) is 0.897. The van der Waals surface area contributed by atoms with E-state index in [-0.39, 0.29) is 19.3 Å². The number of carbonyl (C=O) groups excluding carboxylic acids is 3. The Bertz CT molecular complexity index is 2730. The van der Waals surface area contributed by atoms with Crippen molar-refractivity contribution in [3.63, 3.8) is 0 Å². The highest BCUT2D eigenvalue weighted by Gasteiger charge is 2.29. The smallest absolute Gasteiger partial charge is 0.463 e. The van der Waals surface area contributed by atoms with E-state index in [9.17, 15) is 43.5 Å². The lowest BCUT2D eigenvalue weighted by Crippen LogP contribution is -2.30. The van der Waals surface area contributed by atoms with Crippen molar-refractivity contribution in [1.29, 1.82) is 0 Å². The predicted octanol–water partition coefficient (Wildman–Crippen LogP) is 27.1. The Hall–Kier alpha value is -5.09. The van der Waals surface area contributed by atoms with E-state index >= 15 is 0 Å². The number of hydrogen-bond acceptors (Lipinski definition) is 14. The van der Waals surface area contributed by atoms with E-state index in [0.717, 1.165) is 193 Å². The van der Waals surface area contributed by atoms with Crippen molar-refractivity contribution in [3.8, 4) is 0 Å². The molecule has 0 amide bonds. The highest BCUT2D eigenvalue weighted by molar-refractivity contribution is 7.47. The van der Waals surface area contributed by atoms with Gasteiger partial charge in [-0.1, -0.05) is 358 Å². The normalized spacial score (nSPS) is 14.6. The predicted molar refractivity (Wildman–Crippen MR) is 472 cm³/mol. The lowest BCUT2D eigenvalue weighted by Gasteiger charge is -2.21. The molecule has 646 valence electrons. The fourth-order valence-corrected chi connectivity index (χ4v) is 13.4. The van der Waals surface area contributed by atoms with Gasteiger partial charge in [0, 0.05) is 19.3 Å². The summed E-state index contributed by atoms with van der Waals surface area (Å²) in [5.41, 5.74) is 0. The second-order valence-electron chi connectivity index (χ2n) is 29.3. The van der Waals surface area contributed by atoms with Gasteiger partial charge in [0.05, 0.1) is 26.4 Å². The zero-order chi connectivity index (χ0) is 82.2. The first-order valence-electron chi connectivity index (χ1n) is 44.4. The number of rotatable bonds is 83. The molecule has 0 heterocycles. The molecule has 0 saturated carbocycles. The number of unbranched alkanes of at least 4 members (excludes halogenated alkanes) is 32. The minimum Gasteiger partial charge on any atom is -0.463 e. The van der Waals surface area contributed by atoms with Gasteiger partial charge >= 0.3 is 33.6 Å². The number of aliphatic hydroxyl groups excluding tert-OH is 2. The summed E-state index contributed by atoms with van der Waals surface area (Å²) >= 11 is 0. The Morgan fingerprint density at radius 3 is 0.699 bits per heavy atom. The molecule has 0 aromatic rings. The van der Waals surface area contributed by atoms with Crippen LogP contribution in [0.25, 0.3) is 0 Å². The van der Waals surface area contributed by atoms with Crippen LogP contribution in [0.3, 0.4) is 0 Å². The Labute approximate surface area is 688 Å². The van der Waals surface area contributed by atoms with E-state index in [0.29, 0.717) is 19.3 Å². The molecular weight excluding hydrogens is 1460 g/mol. The zero-order valence-electron chi connectivity index (χ0n) is 71.0. The molecular formula is C95H160O16P2. The van der Waals surface area contributed by atoms with Gasteiger partial charge in [0.25, 0.3) is 0 Å². The summed E-state index contributed by atoms with van der Waals surface area (Å²) in [6.07, 6.45) is 111. The Morgan fingerprint density at radius 1 is 0.248 bits per heavy atom. The van der Waals surface area contributed by atoms with Gasteiger partial charge in [-0.25, -0.2) is 9.13 Å². The molecule has 0 rings (SSSR count). The molecule has 5 atom stereocenters. The van der Waals surface area contributed by atoms with Crippen molar-refractivity contribution in [2.75, 3.05) is 39.6 Å². The molecule has 0 aliphatic heterocycles. The van der Waals surface area contributed by atoms with Gasteiger partial charge in [0.2, 0.25) is 0 Å². The summed E-state index contributed by atoms with van der Waals surface area (Å²) in [4.78, 5) is 58.9. The molecule has 0 bridgehead atoms. The van der Waals surface area contributed by atoms with E-state index in [2.05, 4.69) is 191 Å². The quantitative estimate of drug-likeness (QED) is 0.0146. The van der Waals surface area contributed by atoms with Crippen LogP contribution in [0.5, 0.6) is 0 Å². The monoisotopic (exact) mass is 1620 g/mol. The topological polar surface area (TPSA) is 231 Å². The van der Waals surface area contributed by atoms with Crippen LogP contribution in [0.1, 0.15) is 355 Å². The first-order valence-corrected chi connectivity index (χ1v) is 47.4. The van der Waals surface area contributed by atoms with E-state index < -0.39 is 91.5 Å². The van der Waals surface area contributed by atoms with Crippen molar-refractivity contribution in [2.45, 2.75) is 373 Å². The number of phosphoric ester groups is 2. The Morgan fingerprint density at radius 2 is 0.442 bits per heavy atom. The van der Waals surface area contributed by atoms with Gasteiger partial charge in [0.15, 0.2) is 6.10 Å². The van der Waals surface area contributed by atoms with Gasteiger partial charge in [-0.3, -0.25) is 32.5 Å².